The fraction of sp³-hybridized carbons (Fsp3) is 0.600. The van der Waals surface area contributed by atoms with Gasteiger partial charge in [-0.3, -0.25) is 14.3 Å². The molecule has 7 heteroatoms. The second-order valence-electron chi connectivity index (χ2n) is 4.08. The highest BCUT2D eigenvalue weighted by Gasteiger charge is 2.34. The van der Waals surface area contributed by atoms with Gasteiger partial charge >= 0.3 is 5.69 Å². The maximum absolute atomic E-state index is 11.6. The molecule has 0 spiro atoms. The van der Waals surface area contributed by atoms with Gasteiger partial charge in [-0.1, -0.05) is 0 Å². The van der Waals surface area contributed by atoms with Gasteiger partial charge in [-0.2, -0.15) is 0 Å². The summed E-state index contributed by atoms with van der Waals surface area (Å²) in [5.41, 5.74) is -0.649. The first kappa shape index (κ1) is 10.7. The molecule has 0 aliphatic carbocycles. The monoisotopic (exact) mass is 244 g/mol. The van der Waals surface area contributed by atoms with E-state index < -0.39 is 29.7 Å². The van der Waals surface area contributed by atoms with Crippen molar-refractivity contribution < 1.29 is 15.0 Å². The second kappa shape index (κ2) is 4.44. The predicted octanol–water partition coefficient (Wildman–Crippen LogP) is -1.51. The highest BCUT2D eigenvalue weighted by molar-refractivity contribution is 5.02. The Morgan fingerprint density at radius 1 is 1.71 bits per heavy atom. The SMILES string of the molecule is [3H]OC[C@H]1O[C@@H](n2cc(C)c(=O)[nH]c2=O)C[C@@H]1O. The van der Waals surface area contributed by atoms with E-state index in [0.29, 0.717) is 5.56 Å². The van der Waals surface area contributed by atoms with E-state index in [1.54, 1.807) is 6.92 Å². The summed E-state index contributed by atoms with van der Waals surface area (Å²) in [6.45, 7) is 1.50. The lowest BCUT2D eigenvalue weighted by Gasteiger charge is -2.14. The number of ether oxygens (including phenoxy) is 1. The van der Waals surface area contributed by atoms with Crippen LogP contribution in [-0.4, -0.2) is 40.0 Å². The predicted molar refractivity (Wildman–Crippen MR) is 57.7 cm³/mol. The average Bonchev–Trinajstić information content (AvgIpc) is 2.66. The van der Waals surface area contributed by atoms with E-state index in [0.717, 1.165) is 0 Å². The van der Waals surface area contributed by atoms with Crippen LogP contribution in [0.4, 0.5) is 0 Å². The first-order valence-electron chi connectivity index (χ1n) is 5.67. The first-order chi connectivity index (χ1) is 8.52. The number of nitrogens with zero attached hydrogens (tertiary/aromatic N) is 1. The zero-order chi connectivity index (χ0) is 13.3. The van der Waals surface area contributed by atoms with Gasteiger partial charge in [0.25, 0.3) is 5.56 Å². The molecule has 1 aromatic heterocycles. The van der Waals surface area contributed by atoms with Crippen LogP contribution < -0.4 is 11.2 Å². The summed E-state index contributed by atoms with van der Waals surface area (Å²) in [6, 6.07) is 0. The third-order valence-electron chi connectivity index (χ3n) is 2.82. The lowest BCUT2D eigenvalue weighted by Crippen LogP contribution is -2.33. The number of aromatic nitrogens is 2. The van der Waals surface area contributed by atoms with Crippen molar-refractivity contribution in [3.63, 3.8) is 0 Å². The Hall–Kier alpha value is -1.44. The topological polar surface area (TPSA) is 105 Å². The van der Waals surface area contributed by atoms with Crippen molar-refractivity contribution in [3.05, 3.63) is 32.6 Å². The van der Waals surface area contributed by atoms with E-state index in [-0.39, 0.29) is 13.0 Å². The minimum Gasteiger partial charge on any atom is -0.394 e. The molecule has 0 bridgehead atoms. The highest BCUT2D eigenvalue weighted by atomic mass is 16.5. The molecule has 1 saturated heterocycles. The lowest BCUT2D eigenvalue weighted by atomic mass is 10.2. The third-order valence-corrected chi connectivity index (χ3v) is 2.82. The van der Waals surface area contributed by atoms with E-state index in [4.69, 9.17) is 6.17 Å². The van der Waals surface area contributed by atoms with Crippen molar-refractivity contribution >= 4 is 0 Å². The minimum atomic E-state index is -0.806. The van der Waals surface area contributed by atoms with Crippen LogP contribution >= 0.6 is 0 Å². The summed E-state index contributed by atoms with van der Waals surface area (Å²) in [5.74, 6) is 0. The number of H-pyrrole nitrogens is 1. The number of rotatable bonds is 3. The molecule has 0 saturated carbocycles. The molecule has 0 radical (unpaired) electrons. The van der Waals surface area contributed by atoms with Gasteiger partial charge in [0.15, 0.2) is 0 Å². The summed E-state index contributed by atoms with van der Waals surface area (Å²) >= 11 is 0. The molecule has 2 rings (SSSR count). The number of hydrogen-bond donors (Lipinski definition) is 3. The van der Waals surface area contributed by atoms with Crippen LogP contribution in [0.15, 0.2) is 15.8 Å². The standard InChI is InChI=1S/C10H14N2O5/c1-5-3-12(10(16)11-9(5)15)8-2-6(14)7(4-13)17-8/h3,6-8,13-14H,2,4H2,1H3,(H,11,15,16)/t6-,7+,8+/m0/s1/i13T. The number of aliphatic hydroxyl groups is 2. The van der Waals surface area contributed by atoms with E-state index in [1.165, 1.54) is 10.8 Å². The van der Waals surface area contributed by atoms with Crippen LogP contribution in [0.1, 0.15) is 18.2 Å². The average molecular weight is 244 g/mol. The molecule has 94 valence electrons. The Bertz CT molecular complexity index is 540. The van der Waals surface area contributed by atoms with Crippen molar-refractivity contribution in [2.45, 2.75) is 31.8 Å². The molecule has 0 unspecified atom stereocenters. The normalized spacial score (nSPS) is 29.3. The second-order valence-corrected chi connectivity index (χ2v) is 4.08. The van der Waals surface area contributed by atoms with Crippen LogP contribution in [0.2, 0.25) is 0 Å². The highest BCUT2D eigenvalue weighted by Crippen LogP contribution is 2.27. The lowest BCUT2D eigenvalue weighted by molar-refractivity contribution is -0.0459. The quantitative estimate of drug-likeness (QED) is 0.599. The van der Waals surface area contributed by atoms with Crippen molar-refractivity contribution in [1.82, 2.24) is 9.55 Å². The molecule has 2 heterocycles. The summed E-state index contributed by atoms with van der Waals surface area (Å²) in [5, 5.41) is 13.9. The maximum Gasteiger partial charge on any atom is 0.330 e. The number of nitrogens with one attached hydrogen (secondary N) is 1. The molecule has 17 heavy (non-hydrogen) atoms. The number of aliphatic hydroxyl groups excluding tert-OH is 2. The molecule has 3 atom stereocenters. The van der Waals surface area contributed by atoms with E-state index >= 15 is 0 Å². The smallest absolute Gasteiger partial charge is 0.330 e. The van der Waals surface area contributed by atoms with Gasteiger partial charge < -0.3 is 15.0 Å². The van der Waals surface area contributed by atoms with Gasteiger partial charge in [-0.15, -0.1) is 0 Å². The molecule has 1 aliphatic rings. The van der Waals surface area contributed by atoms with E-state index in [9.17, 15) is 14.7 Å². The molecule has 1 fully saturated rings. The number of aryl methyl sites for hydroxylation is 1. The van der Waals surface area contributed by atoms with Crippen LogP contribution in [-0.2, 0) is 4.74 Å². The van der Waals surface area contributed by atoms with Gasteiger partial charge in [0.1, 0.15) is 12.3 Å². The molecular weight excluding hydrogens is 228 g/mol. The van der Waals surface area contributed by atoms with Crippen molar-refractivity contribution in [1.29, 1.82) is 1.43 Å². The zero-order valence-electron chi connectivity index (χ0n) is 10.3. The molecule has 3 N–H and O–H groups in total. The van der Waals surface area contributed by atoms with Gasteiger partial charge in [-0.05, 0) is 6.92 Å². The molecule has 7 nitrogen and oxygen atoms in total. The molecule has 1 aliphatic heterocycles. The van der Waals surface area contributed by atoms with Crippen LogP contribution in [0.3, 0.4) is 0 Å². The van der Waals surface area contributed by atoms with Gasteiger partial charge in [0, 0.05) is 18.2 Å². The Morgan fingerprint density at radius 2 is 2.47 bits per heavy atom. The third kappa shape index (κ3) is 2.17. The van der Waals surface area contributed by atoms with Crippen molar-refractivity contribution in [2.75, 3.05) is 6.61 Å². The molecule has 0 aromatic carbocycles. The largest absolute Gasteiger partial charge is 0.394 e. The van der Waals surface area contributed by atoms with Crippen LogP contribution in [0, 0.1) is 6.92 Å². The van der Waals surface area contributed by atoms with Crippen LogP contribution in [0.5, 0.6) is 0 Å². The molecule has 1 aromatic rings. The van der Waals surface area contributed by atoms with Crippen molar-refractivity contribution in [3.8, 4) is 0 Å². The fourth-order valence-electron chi connectivity index (χ4n) is 1.84. The zero-order valence-corrected chi connectivity index (χ0v) is 9.25. The maximum atomic E-state index is 11.6. The molecular formula is C10H14N2O5. The van der Waals surface area contributed by atoms with Crippen molar-refractivity contribution in [2.24, 2.45) is 0 Å². The van der Waals surface area contributed by atoms with E-state index in [1.807, 2.05) is 0 Å². The fourth-order valence-corrected chi connectivity index (χ4v) is 1.84. The summed E-state index contributed by atoms with van der Waals surface area (Å²) < 4.78 is 13.3. The minimum absolute atomic E-state index is 0.0747. The Morgan fingerprint density at radius 3 is 3.18 bits per heavy atom. The first-order valence-corrected chi connectivity index (χ1v) is 5.26. The Balaban J connectivity index is 2.26. The summed E-state index contributed by atoms with van der Waals surface area (Å²) in [6.07, 6.45) is -0.517. The molecule has 0 amide bonds. The summed E-state index contributed by atoms with van der Waals surface area (Å²) in [4.78, 5) is 25.0. The summed E-state index contributed by atoms with van der Waals surface area (Å²) in [7, 11) is 0. The number of aromatic amines is 1. The van der Waals surface area contributed by atoms with Gasteiger partial charge in [-0.25, -0.2) is 4.79 Å². The number of hydrogen-bond acceptors (Lipinski definition) is 5. The van der Waals surface area contributed by atoms with Gasteiger partial charge in [0.05, 0.1) is 12.7 Å². The van der Waals surface area contributed by atoms with Crippen LogP contribution in [0.25, 0.3) is 0 Å². The van der Waals surface area contributed by atoms with E-state index in [2.05, 4.69) is 10.1 Å². The Kier molecular flexibility index (Phi) is 2.79. The van der Waals surface area contributed by atoms with Gasteiger partial charge in [0.2, 0.25) is 1.43 Å². The Labute approximate surface area is 97.8 Å².